The average molecular weight is 401 g/mol. The Labute approximate surface area is 168 Å². The summed E-state index contributed by atoms with van der Waals surface area (Å²) in [6.45, 7) is 1.91. The molecule has 0 aliphatic heterocycles. The van der Waals surface area contributed by atoms with Gasteiger partial charge in [-0.1, -0.05) is 18.2 Å². The van der Waals surface area contributed by atoms with Crippen LogP contribution in [0.2, 0.25) is 0 Å². The molecule has 7 nitrogen and oxygen atoms in total. The van der Waals surface area contributed by atoms with Crippen LogP contribution in [-0.2, 0) is 9.53 Å². The summed E-state index contributed by atoms with van der Waals surface area (Å²) in [6, 6.07) is 11.7. The van der Waals surface area contributed by atoms with Crippen molar-refractivity contribution in [3.8, 4) is 0 Å². The number of esters is 1. The molecular weight excluding hydrogens is 377 g/mol. The molecule has 2 aromatic carbocycles. The normalized spacial score (nSPS) is 11.3. The number of hydrogen-bond acceptors (Lipinski definition) is 4. The number of hydrogen-bond donors (Lipinski definition) is 2. The van der Waals surface area contributed by atoms with Crippen LogP contribution in [0.15, 0.2) is 48.5 Å². The van der Waals surface area contributed by atoms with Gasteiger partial charge in [0, 0.05) is 30.4 Å². The summed E-state index contributed by atoms with van der Waals surface area (Å²) in [6.07, 6.45) is 0.0862. The van der Waals surface area contributed by atoms with Gasteiger partial charge in [-0.3, -0.25) is 9.59 Å². The molecule has 1 atom stereocenters. The average Bonchev–Trinajstić information content (AvgIpc) is 2.73. The molecule has 29 heavy (non-hydrogen) atoms. The molecule has 0 aliphatic rings. The lowest BCUT2D eigenvalue weighted by Gasteiger charge is -2.26. The Morgan fingerprint density at radius 2 is 1.76 bits per heavy atom. The number of methoxy groups -OCH3 is 1. The van der Waals surface area contributed by atoms with Crippen LogP contribution >= 0.6 is 0 Å². The van der Waals surface area contributed by atoms with E-state index in [1.54, 1.807) is 56.4 Å². The van der Waals surface area contributed by atoms with Gasteiger partial charge in [-0.05, 0) is 37.3 Å². The molecule has 0 fully saturated rings. The quantitative estimate of drug-likeness (QED) is 0.697. The fourth-order valence-electron chi connectivity index (χ4n) is 2.60. The van der Waals surface area contributed by atoms with E-state index < -0.39 is 18.0 Å². The van der Waals surface area contributed by atoms with Crippen molar-refractivity contribution in [1.29, 1.82) is 0 Å². The van der Waals surface area contributed by atoms with Crippen LogP contribution in [0.5, 0.6) is 0 Å². The fraction of sp³-hybridized carbons (Fsp3) is 0.286. The fourth-order valence-corrected chi connectivity index (χ4v) is 2.60. The van der Waals surface area contributed by atoms with Crippen molar-refractivity contribution < 1.29 is 23.5 Å². The van der Waals surface area contributed by atoms with Crippen LogP contribution in [-0.4, -0.2) is 43.5 Å². The topological polar surface area (TPSA) is 87.7 Å². The Balaban J connectivity index is 1.93. The molecule has 154 valence electrons. The van der Waals surface area contributed by atoms with Crippen LogP contribution in [0.1, 0.15) is 35.3 Å². The minimum absolute atomic E-state index is 0.0862. The van der Waals surface area contributed by atoms with Crippen molar-refractivity contribution in [2.45, 2.75) is 19.4 Å². The van der Waals surface area contributed by atoms with E-state index in [0.29, 0.717) is 16.8 Å². The summed E-state index contributed by atoms with van der Waals surface area (Å²) in [4.78, 5) is 36.9. The molecule has 0 heterocycles. The molecule has 8 heteroatoms. The largest absolute Gasteiger partial charge is 0.469 e. The number of rotatable bonds is 7. The summed E-state index contributed by atoms with van der Waals surface area (Å²) in [5.74, 6) is -1.11. The first-order valence-electron chi connectivity index (χ1n) is 9.06. The van der Waals surface area contributed by atoms with Gasteiger partial charge >= 0.3 is 12.0 Å². The molecular formula is C21H24FN3O4. The monoisotopic (exact) mass is 401 g/mol. The van der Waals surface area contributed by atoms with Crippen LogP contribution in [0.4, 0.5) is 14.9 Å². The van der Waals surface area contributed by atoms with Crippen molar-refractivity contribution in [2.75, 3.05) is 26.0 Å². The number of nitrogens with zero attached hydrogens (tertiary/aromatic N) is 1. The number of benzene rings is 2. The van der Waals surface area contributed by atoms with Gasteiger partial charge in [-0.15, -0.1) is 0 Å². The Kier molecular flexibility index (Phi) is 7.70. The minimum atomic E-state index is -0.462. The molecule has 0 radical (unpaired) electrons. The summed E-state index contributed by atoms with van der Waals surface area (Å²) in [7, 11) is 2.86. The first-order chi connectivity index (χ1) is 13.8. The Bertz CT molecular complexity index is 870. The van der Waals surface area contributed by atoms with Crippen LogP contribution in [0.25, 0.3) is 0 Å². The molecule has 2 rings (SSSR count). The van der Waals surface area contributed by atoms with Crippen LogP contribution < -0.4 is 10.6 Å². The third-order valence-corrected chi connectivity index (χ3v) is 4.50. The number of anilines is 1. The highest BCUT2D eigenvalue weighted by Crippen LogP contribution is 2.22. The maximum Gasteiger partial charge on any atom is 0.322 e. The highest BCUT2D eigenvalue weighted by atomic mass is 19.1. The number of nitrogens with one attached hydrogen (secondary N) is 2. The molecule has 0 aliphatic carbocycles. The molecule has 0 saturated carbocycles. The maximum absolute atomic E-state index is 13.9. The molecule has 2 N–H and O–H groups in total. The van der Waals surface area contributed by atoms with Crippen molar-refractivity contribution in [2.24, 2.45) is 0 Å². The number of ether oxygens (including phenoxy) is 1. The van der Waals surface area contributed by atoms with Crippen molar-refractivity contribution in [3.05, 3.63) is 65.5 Å². The van der Waals surface area contributed by atoms with Crippen molar-refractivity contribution in [3.63, 3.8) is 0 Å². The molecule has 3 amide bonds. The Morgan fingerprint density at radius 1 is 1.10 bits per heavy atom. The summed E-state index contributed by atoms with van der Waals surface area (Å²) in [5, 5.41) is 5.33. The van der Waals surface area contributed by atoms with E-state index in [2.05, 4.69) is 15.4 Å². The minimum Gasteiger partial charge on any atom is -0.469 e. The smallest absolute Gasteiger partial charge is 0.322 e. The number of urea groups is 1. The van der Waals surface area contributed by atoms with Crippen molar-refractivity contribution >= 4 is 23.6 Å². The highest BCUT2D eigenvalue weighted by molar-refractivity contribution is 5.95. The lowest BCUT2D eigenvalue weighted by molar-refractivity contribution is -0.140. The van der Waals surface area contributed by atoms with Gasteiger partial charge in [-0.2, -0.15) is 0 Å². The lowest BCUT2D eigenvalue weighted by Crippen LogP contribution is -2.34. The second-order valence-electron chi connectivity index (χ2n) is 6.40. The summed E-state index contributed by atoms with van der Waals surface area (Å²) in [5.41, 5.74) is 1.30. The lowest BCUT2D eigenvalue weighted by atomic mass is 10.1. The molecule has 0 aromatic heterocycles. The van der Waals surface area contributed by atoms with Gasteiger partial charge in [-0.25, -0.2) is 9.18 Å². The van der Waals surface area contributed by atoms with E-state index in [1.165, 1.54) is 18.1 Å². The van der Waals surface area contributed by atoms with Gasteiger partial charge in [0.25, 0.3) is 5.91 Å². The van der Waals surface area contributed by atoms with Crippen molar-refractivity contribution in [1.82, 2.24) is 10.2 Å². The standard InChI is InChI=1S/C21H24FN3O4/c1-14(17-6-4-5-7-18(17)22)25(2)21(28)24-16-10-8-15(9-11-16)20(27)23-13-12-19(26)29-3/h4-11,14H,12-13H2,1-3H3,(H,23,27)(H,24,28). The molecule has 0 saturated heterocycles. The van der Waals surface area contributed by atoms with Gasteiger partial charge < -0.3 is 20.3 Å². The molecule has 0 spiro atoms. The maximum atomic E-state index is 13.9. The SMILES string of the molecule is COC(=O)CCNC(=O)c1ccc(NC(=O)N(C)C(C)c2ccccc2F)cc1. The molecule has 1 unspecified atom stereocenters. The summed E-state index contributed by atoms with van der Waals surface area (Å²) < 4.78 is 18.4. The second kappa shape index (κ2) is 10.2. The van der Waals surface area contributed by atoms with Gasteiger partial charge in [0.2, 0.25) is 0 Å². The van der Waals surface area contributed by atoms with Gasteiger partial charge in [0.05, 0.1) is 19.6 Å². The zero-order valence-corrected chi connectivity index (χ0v) is 16.6. The number of halogens is 1. The number of amides is 3. The number of carbonyl (C=O) groups excluding carboxylic acids is 3. The first kappa shape index (κ1) is 21.9. The first-order valence-corrected chi connectivity index (χ1v) is 9.06. The predicted octanol–water partition coefficient (Wildman–Crippen LogP) is 3.34. The molecule has 2 aromatic rings. The van der Waals surface area contributed by atoms with Gasteiger partial charge in [0.1, 0.15) is 5.82 Å². The van der Waals surface area contributed by atoms with E-state index in [1.807, 2.05) is 0 Å². The Hall–Kier alpha value is -3.42. The Morgan fingerprint density at radius 3 is 2.38 bits per heavy atom. The molecule has 0 bridgehead atoms. The van der Waals surface area contributed by atoms with Crippen LogP contribution in [0, 0.1) is 5.82 Å². The third-order valence-electron chi connectivity index (χ3n) is 4.50. The van der Waals surface area contributed by atoms with E-state index in [9.17, 15) is 18.8 Å². The zero-order chi connectivity index (χ0) is 21.4. The highest BCUT2D eigenvalue weighted by Gasteiger charge is 2.20. The van der Waals surface area contributed by atoms with E-state index >= 15 is 0 Å². The summed E-state index contributed by atoms with van der Waals surface area (Å²) >= 11 is 0. The van der Waals surface area contributed by atoms with E-state index in [-0.39, 0.29) is 24.7 Å². The van der Waals surface area contributed by atoms with E-state index in [4.69, 9.17) is 0 Å². The number of carbonyl (C=O) groups is 3. The predicted molar refractivity (Wildman–Crippen MR) is 107 cm³/mol. The third kappa shape index (κ3) is 6.03. The van der Waals surface area contributed by atoms with E-state index in [0.717, 1.165) is 0 Å². The van der Waals surface area contributed by atoms with Gasteiger partial charge in [0.15, 0.2) is 0 Å². The van der Waals surface area contributed by atoms with Crippen LogP contribution in [0.3, 0.4) is 0 Å². The second-order valence-corrected chi connectivity index (χ2v) is 6.40. The zero-order valence-electron chi connectivity index (χ0n) is 16.6.